The lowest BCUT2D eigenvalue weighted by molar-refractivity contribution is -0.0752. The van der Waals surface area contributed by atoms with E-state index in [4.69, 9.17) is 19.4 Å². The molecule has 7 nitrogen and oxygen atoms in total. The molecule has 41 heavy (non-hydrogen) atoms. The highest BCUT2D eigenvalue weighted by atomic mass is 31.2. The molecule has 0 bridgehead atoms. The van der Waals surface area contributed by atoms with Crippen molar-refractivity contribution in [1.29, 1.82) is 0 Å². The average molecular weight is 595 g/mol. The molecule has 0 aliphatic carbocycles. The maximum absolute atomic E-state index is 10.5. The largest absolute Gasteiger partial charge is 0.485 e. The Morgan fingerprint density at radius 3 is 1.29 bits per heavy atom. The zero-order valence-corrected chi connectivity index (χ0v) is 28.1. The molecule has 0 heterocycles. The molecule has 6 N–H and O–H groups in total. The van der Waals surface area contributed by atoms with Crippen molar-refractivity contribution >= 4 is 8.60 Å². The van der Waals surface area contributed by atoms with E-state index >= 15 is 0 Å². The van der Waals surface area contributed by atoms with Crippen molar-refractivity contribution in [2.24, 2.45) is 5.41 Å². The number of aliphatic hydroxyl groups excluding tert-OH is 3. The summed E-state index contributed by atoms with van der Waals surface area (Å²) in [6.07, 6.45) is -0.766. The van der Waals surface area contributed by atoms with Crippen LogP contribution in [0.25, 0.3) is 0 Å². The molecule has 0 amide bonds. The third kappa shape index (κ3) is 10.00. The molecule has 0 fully saturated rings. The fourth-order valence-electron chi connectivity index (χ4n) is 4.63. The number of hydrogen-bond donors (Lipinski definition) is 6. The van der Waals surface area contributed by atoms with Crippen LogP contribution in [0.2, 0.25) is 0 Å². The minimum atomic E-state index is -2.62. The molecule has 0 aromatic heterocycles. The van der Waals surface area contributed by atoms with Gasteiger partial charge in [-0.2, -0.15) is 0 Å². The van der Waals surface area contributed by atoms with Crippen LogP contribution in [-0.4, -0.2) is 49.8 Å². The molecule has 0 saturated carbocycles. The van der Waals surface area contributed by atoms with Crippen LogP contribution in [-0.2, 0) is 21.7 Å². The molecule has 1 unspecified atom stereocenters. The maximum atomic E-state index is 10.5. The first-order valence-electron chi connectivity index (χ1n) is 14.1. The van der Waals surface area contributed by atoms with Gasteiger partial charge in [0.05, 0.1) is 25.2 Å². The zero-order chi connectivity index (χ0) is 32.2. The molecule has 0 saturated heterocycles. The van der Waals surface area contributed by atoms with Gasteiger partial charge in [0.1, 0.15) is 11.9 Å². The van der Waals surface area contributed by atoms with Crippen LogP contribution in [0.4, 0.5) is 0 Å². The van der Waals surface area contributed by atoms with E-state index in [0.717, 1.165) is 16.7 Å². The summed E-state index contributed by atoms with van der Waals surface area (Å²) in [5, 5.41) is 31.6. The van der Waals surface area contributed by atoms with Gasteiger partial charge in [-0.1, -0.05) is 113 Å². The minimum absolute atomic E-state index is 0.0226. The highest BCUT2D eigenvalue weighted by molar-refractivity contribution is 7.38. The van der Waals surface area contributed by atoms with Gasteiger partial charge < -0.3 is 34.7 Å². The SMILES string of the molecule is CC(C)(C)c1ccc(OC(c2ccc(C(C)(C)C)cc2C(C)(C)C)C(CO)(CO)CO)c(C(C)(C)C)c1.OP(O)O. The monoisotopic (exact) mass is 594 g/mol. The summed E-state index contributed by atoms with van der Waals surface area (Å²) in [7, 11) is -2.62. The van der Waals surface area contributed by atoms with E-state index in [-0.39, 0.29) is 21.7 Å². The first kappa shape index (κ1) is 37.5. The van der Waals surface area contributed by atoms with Gasteiger partial charge >= 0.3 is 8.60 Å². The molecule has 2 aromatic carbocycles. The van der Waals surface area contributed by atoms with E-state index in [0.29, 0.717) is 5.75 Å². The smallest absolute Gasteiger partial charge is 0.324 e. The lowest BCUT2D eigenvalue weighted by Crippen LogP contribution is -2.43. The topological polar surface area (TPSA) is 131 Å². The van der Waals surface area contributed by atoms with Crippen molar-refractivity contribution in [3.63, 3.8) is 0 Å². The molecule has 0 aliphatic heterocycles. The van der Waals surface area contributed by atoms with Gasteiger partial charge in [0, 0.05) is 0 Å². The maximum Gasteiger partial charge on any atom is 0.324 e. The molecule has 0 aliphatic rings. The van der Waals surface area contributed by atoms with Crippen molar-refractivity contribution in [3.8, 4) is 5.75 Å². The van der Waals surface area contributed by atoms with Crippen molar-refractivity contribution in [2.75, 3.05) is 19.8 Å². The minimum Gasteiger partial charge on any atom is -0.485 e. The average Bonchev–Trinajstić information content (AvgIpc) is 2.81. The van der Waals surface area contributed by atoms with Gasteiger partial charge in [0.2, 0.25) is 0 Å². The van der Waals surface area contributed by atoms with E-state index in [9.17, 15) is 15.3 Å². The van der Waals surface area contributed by atoms with Crippen molar-refractivity contribution in [1.82, 2.24) is 0 Å². The van der Waals surface area contributed by atoms with Gasteiger partial charge in [0.15, 0.2) is 0 Å². The molecular weight excluding hydrogens is 539 g/mol. The summed E-state index contributed by atoms with van der Waals surface area (Å²) in [6.45, 7) is 24.9. The first-order chi connectivity index (χ1) is 18.4. The van der Waals surface area contributed by atoms with Crippen LogP contribution in [0.3, 0.4) is 0 Å². The summed E-state index contributed by atoms with van der Waals surface area (Å²) in [6, 6.07) is 12.7. The lowest BCUT2D eigenvalue weighted by Gasteiger charge is -2.40. The molecule has 1 atom stereocenters. The number of rotatable bonds is 7. The van der Waals surface area contributed by atoms with Crippen molar-refractivity contribution in [3.05, 3.63) is 64.2 Å². The predicted octanol–water partition coefficient (Wildman–Crippen LogP) is 6.15. The Morgan fingerprint density at radius 2 is 0.951 bits per heavy atom. The van der Waals surface area contributed by atoms with E-state index in [1.54, 1.807) is 0 Å². The van der Waals surface area contributed by atoms with Crippen LogP contribution < -0.4 is 4.74 Å². The lowest BCUT2D eigenvalue weighted by atomic mass is 9.72. The predicted molar refractivity (Wildman–Crippen MR) is 168 cm³/mol. The Labute approximate surface area is 249 Å². The molecule has 0 spiro atoms. The summed E-state index contributed by atoms with van der Waals surface area (Å²) in [4.78, 5) is 21.7. The Hall–Kier alpha value is -1.57. The highest BCUT2D eigenvalue weighted by Crippen LogP contribution is 2.45. The van der Waals surface area contributed by atoms with Gasteiger partial charge in [-0.25, -0.2) is 0 Å². The van der Waals surface area contributed by atoms with Crippen LogP contribution in [0.15, 0.2) is 36.4 Å². The molecule has 234 valence electrons. The number of benzene rings is 2. The fourth-order valence-corrected chi connectivity index (χ4v) is 4.63. The molecule has 0 radical (unpaired) electrons. The Bertz CT molecular complexity index is 1100. The van der Waals surface area contributed by atoms with Gasteiger partial charge in [0.25, 0.3) is 0 Å². The zero-order valence-electron chi connectivity index (χ0n) is 27.2. The van der Waals surface area contributed by atoms with E-state index < -0.39 is 39.9 Å². The summed E-state index contributed by atoms with van der Waals surface area (Å²) < 4.78 is 6.85. The van der Waals surface area contributed by atoms with Crippen molar-refractivity contribution in [2.45, 2.75) is 111 Å². The molecular formula is C33H55O7P. The van der Waals surface area contributed by atoms with Crippen LogP contribution >= 0.6 is 8.60 Å². The molecule has 2 rings (SSSR count). The summed E-state index contributed by atoms with van der Waals surface area (Å²) >= 11 is 0. The second-order valence-electron chi connectivity index (χ2n) is 15.1. The standard InChI is InChI=1S/C33H52O4.H3O3P/c1-29(2,3)22-13-15-24(25(17-22)31(7,8)9)28(33(19-34,20-35)21-36)37-27-16-14-23(30(4,5)6)18-26(27)32(10,11)12;1-4(2)3/h13-18,28,34-36H,19-21H2,1-12H3;1-3H. The third-order valence-electron chi connectivity index (χ3n) is 7.41. The van der Waals surface area contributed by atoms with Crippen molar-refractivity contribution < 1.29 is 34.7 Å². The van der Waals surface area contributed by atoms with Gasteiger partial charge in [-0.15, -0.1) is 0 Å². The van der Waals surface area contributed by atoms with Crippen LogP contribution in [0.1, 0.15) is 117 Å². The second-order valence-corrected chi connectivity index (χ2v) is 15.7. The normalized spacial score (nSPS) is 14.0. The Balaban J connectivity index is 0.00000196. The quantitative estimate of drug-likeness (QED) is 0.212. The van der Waals surface area contributed by atoms with E-state index in [1.165, 1.54) is 11.1 Å². The first-order valence-corrected chi connectivity index (χ1v) is 15.3. The third-order valence-corrected chi connectivity index (χ3v) is 7.41. The van der Waals surface area contributed by atoms with E-state index in [1.807, 2.05) is 6.07 Å². The Kier molecular flexibility index (Phi) is 12.6. The van der Waals surface area contributed by atoms with Crippen LogP contribution in [0, 0.1) is 5.41 Å². The van der Waals surface area contributed by atoms with Gasteiger partial charge in [-0.05, 0) is 55.5 Å². The molecule has 2 aromatic rings. The molecule has 8 heteroatoms. The number of hydrogen-bond acceptors (Lipinski definition) is 7. The van der Waals surface area contributed by atoms with E-state index in [2.05, 4.69) is 113 Å². The fraction of sp³-hybridized carbons (Fsp3) is 0.636. The summed E-state index contributed by atoms with van der Waals surface area (Å²) in [5.41, 5.74) is 3.64. The number of ether oxygens (including phenoxy) is 1. The van der Waals surface area contributed by atoms with Gasteiger partial charge in [-0.3, -0.25) is 0 Å². The Morgan fingerprint density at radius 1 is 0.585 bits per heavy atom. The second kappa shape index (κ2) is 13.8. The van der Waals surface area contributed by atoms with Crippen LogP contribution in [0.5, 0.6) is 5.75 Å². The number of aliphatic hydroxyl groups is 3. The highest BCUT2D eigenvalue weighted by Gasteiger charge is 2.43. The summed E-state index contributed by atoms with van der Waals surface area (Å²) in [5.74, 6) is 0.699.